The van der Waals surface area contributed by atoms with Crippen LogP contribution in [0.1, 0.15) is 36.6 Å². The number of aryl methyl sites for hydroxylation is 1. The van der Waals surface area contributed by atoms with Gasteiger partial charge in [-0.05, 0) is 44.0 Å². The molecule has 2 amide bonds. The zero-order chi connectivity index (χ0) is 25.4. The van der Waals surface area contributed by atoms with E-state index in [2.05, 4.69) is 21.2 Å². The van der Waals surface area contributed by atoms with Gasteiger partial charge in [0.05, 0.1) is 31.5 Å². The number of urea groups is 1. The number of ether oxygens (including phenoxy) is 3. The number of hydrogen-bond donors (Lipinski definition) is 4. The van der Waals surface area contributed by atoms with Gasteiger partial charge in [0.15, 0.2) is 17.7 Å². The number of methoxy groups -OCH3 is 1. The van der Waals surface area contributed by atoms with Crippen molar-refractivity contribution in [2.24, 2.45) is 5.10 Å². The first-order chi connectivity index (χ1) is 16.8. The Morgan fingerprint density at radius 2 is 1.91 bits per heavy atom. The molecule has 0 spiro atoms. The van der Waals surface area contributed by atoms with Crippen molar-refractivity contribution in [1.29, 1.82) is 0 Å². The van der Waals surface area contributed by atoms with E-state index in [0.29, 0.717) is 29.4 Å². The van der Waals surface area contributed by atoms with Crippen molar-refractivity contribution < 1.29 is 28.9 Å². The van der Waals surface area contributed by atoms with Crippen LogP contribution in [0, 0.1) is 6.92 Å². The molecular formula is C25H30N4O6. The van der Waals surface area contributed by atoms with Gasteiger partial charge in [-0.3, -0.25) is 5.43 Å². The van der Waals surface area contributed by atoms with E-state index in [9.17, 15) is 14.7 Å². The largest absolute Gasteiger partial charge is 0.490 e. The van der Waals surface area contributed by atoms with Gasteiger partial charge < -0.3 is 30.0 Å². The number of nitrogens with zero attached hydrogens (tertiary/aromatic N) is 1. The molecule has 1 aliphatic heterocycles. The number of hydrazone groups is 1. The highest BCUT2D eigenvalue weighted by Gasteiger charge is 2.32. The van der Waals surface area contributed by atoms with Crippen LogP contribution in [0.4, 0.5) is 4.79 Å². The van der Waals surface area contributed by atoms with Crippen LogP contribution >= 0.6 is 0 Å². The lowest BCUT2D eigenvalue weighted by Gasteiger charge is -2.28. The van der Waals surface area contributed by atoms with Crippen molar-refractivity contribution in [2.45, 2.75) is 33.0 Å². The van der Waals surface area contributed by atoms with Gasteiger partial charge in [0.1, 0.15) is 6.61 Å². The van der Waals surface area contributed by atoms with Crippen molar-refractivity contribution in [3.8, 4) is 11.5 Å². The predicted molar refractivity (Wildman–Crippen MR) is 130 cm³/mol. The minimum absolute atomic E-state index is 0.0961. The van der Waals surface area contributed by atoms with E-state index in [-0.39, 0.29) is 12.2 Å². The summed E-state index contributed by atoms with van der Waals surface area (Å²) in [5.74, 6) is 0.230. The summed E-state index contributed by atoms with van der Waals surface area (Å²) in [6, 6.07) is 11.7. The molecule has 0 fully saturated rings. The van der Waals surface area contributed by atoms with Crippen LogP contribution in [0.3, 0.4) is 0 Å². The number of amides is 2. The van der Waals surface area contributed by atoms with Crippen LogP contribution < -0.4 is 25.5 Å². The number of rotatable bonds is 10. The van der Waals surface area contributed by atoms with E-state index in [4.69, 9.17) is 14.2 Å². The number of hydrogen-bond acceptors (Lipinski definition) is 8. The molecule has 1 aliphatic rings. The maximum atomic E-state index is 12.3. The van der Waals surface area contributed by atoms with Crippen LogP contribution in [0.5, 0.6) is 11.5 Å². The van der Waals surface area contributed by atoms with Crippen LogP contribution in [0.25, 0.3) is 0 Å². The van der Waals surface area contributed by atoms with Gasteiger partial charge in [0.2, 0.25) is 0 Å². The quantitative estimate of drug-likeness (QED) is 0.177. The third-order valence-corrected chi connectivity index (χ3v) is 5.19. The molecule has 0 bridgehead atoms. The first-order valence-corrected chi connectivity index (χ1v) is 11.1. The Bertz CT molecular complexity index is 1110. The van der Waals surface area contributed by atoms with E-state index >= 15 is 0 Å². The number of allylic oxidation sites excluding steroid dienone is 1. The van der Waals surface area contributed by atoms with E-state index in [1.54, 1.807) is 31.3 Å². The normalized spacial score (nSPS) is 16.4. The molecule has 0 saturated carbocycles. The molecule has 3 rings (SSSR count). The third kappa shape index (κ3) is 6.73. The minimum atomic E-state index is -1.06. The van der Waals surface area contributed by atoms with Crippen LogP contribution in [-0.4, -0.2) is 49.9 Å². The lowest BCUT2D eigenvalue weighted by molar-refractivity contribution is -0.136. The van der Waals surface area contributed by atoms with Gasteiger partial charge in [0, 0.05) is 5.70 Å². The molecule has 186 valence electrons. The summed E-state index contributed by atoms with van der Waals surface area (Å²) < 4.78 is 16.3. The molecular weight excluding hydrogens is 452 g/mol. The number of nitrogens with one attached hydrogen (secondary N) is 3. The molecule has 0 unspecified atom stereocenters. The SMILES string of the molecule is CCOc1cc([C@@H]2NC(=O)NC(C)=C2C(=O)OC)ccc1OC[C@H](O)N/N=C\c1ccc(C)cc1. The fourth-order valence-electron chi connectivity index (χ4n) is 3.47. The summed E-state index contributed by atoms with van der Waals surface area (Å²) in [4.78, 5) is 24.4. The summed E-state index contributed by atoms with van der Waals surface area (Å²) in [5.41, 5.74) is 5.96. The second-order valence-corrected chi connectivity index (χ2v) is 7.83. The molecule has 2 aromatic carbocycles. The fraction of sp³-hybridized carbons (Fsp3) is 0.320. The maximum absolute atomic E-state index is 12.3. The van der Waals surface area contributed by atoms with Crippen LogP contribution in [0.15, 0.2) is 58.8 Å². The average Bonchev–Trinajstić information content (AvgIpc) is 2.83. The zero-order valence-corrected chi connectivity index (χ0v) is 20.1. The Morgan fingerprint density at radius 3 is 2.60 bits per heavy atom. The Kier molecular flexibility index (Phi) is 8.69. The third-order valence-electron chi connectivity index (χ3n) is 5.19. The van der Waals surface area contributed by atoms with Crippen LogP contribution in [0.2, 0.25) is 0 Å². The summed E-state index contributed by atoms with van der Waals surface area (Å²) in [6.07, 6.45) is 0.538. The monoisotopic (exact) mass is 482 g/mol. The van der Waals surface area contributed by atoms with Gasteiger partial charge in [-0.15, -0.1) is 0 Å². The second-order valence-electron chi connectivity index (χ2n) is 7.83. The molecule has 0 radical (unpaired) electrons. The topological polar surface area (TPSA) is 131 Å². The molecule has 0 aromatic heterocycles. The highest BCUT2D eigenvalue weighted by molar-refractivity contribution is 5.95. The highest BCUT2D eigenvalue weighted by Crippen LogP contribution is 2.34. The molecule has 2 atom stereocenters. The first kappa shape index (κ1) is 25.6. The molecule has 4 N–H and O–H groups in total. The highest BCUT2D eigenvalue weighted by atomic mass is 16.5. The number of benzene rings is 2. The fourth-order valence-corrected chi connectivity index (χ4v) is 3.47. The number of carbonyl (C=O) groups excluding carboxylic acids is 2. The summed E-state index contributed by atoms with van der Waals surface area (Å²) >= 11 is 0. The number of carbonyl (C=O) groups is 2. The lowest BCUT2D eigenvalue weighted by atomic mass is 9.95. The lowest BCUT2D eigenvalue weighted by Crippen LogP contribution is -2.45. The number of aliphatic hydroxyl groups excluding tert-OH is 1. The smallest absolute Gasteiger partial charge is 0.337 e. The number of aliphatic hydroxyl groups is 1. The van der Waals surface area contributed by atoms with Gasteiger partial charge in [-0.1, -0.05) is 35.9 Å². The van der Waals surface area contributed by atoms with E-state index in [1.807, 2.05) is 38.1 Å². The van der Waals surface area contributed by atoms with E-state index in [0.717, 1.165) is 11.1 Å². The maximum Gasteiger partial charge on any atom is 0.337 e. The Morgan fingerprint density at radius 1 is 1.17 bits per heavy atom. The van der Waals surface area contributed by atoms with Gasteiger partial charge in [-0.25, -0.2) is 9.59 Å². The standard InChI is InChI=1S/C25H30N4O6/c1-5-34-20-12-18(23-22(24(31)33-4)16(3)27-25(32)28-23)10-11-19(20)35-14-21(30)29-26-13-17-8-6-15(2)7-9-17/h6-13,21,23,29-30H,5,14H2,1-4H3,(H2,27,28,32)/b26-13-/t21-,23-/m0/s1. The molecule has 2 aromatic rings. The van der Waals surface area contributed by atoms with E-state index < -0.39 is 24.3 Å². The summed E-state index contributed by atoms with van der Waals surface area (Å²) in [5, 5.41) is 19.5. The van der Waals surface area contributed by atoms with Crippen molar-refractivity contribution in [2.75, 3.05) is 20.3 Å². The van der Waals surface area contributed by atoms with Gasteiger partial charge in [0.25, 0.3) is 0 Å². The molecule has 10 nitrogen and oxygen atoms in total. The van der Waals surface area contributed by atoms with Crippen molar-refractivity contribution in [3.05, 3.63) is 70.4 Å². The molecule has 1 heterocycles. The molecule has 10 heteroatoms. The predicted octanol–water partition coefficient (Wildman–Crippen LogP) is 2.52. The Hall–Kier alpha value is -4.05. The average molecular weight is 483 g/mol. The Labute approximate surface area is 204 Å². The zero-order valence-electron chi connectivity index (χ0n) is 20.1. The van der Waals surface area contributed by atoms with Gasteiger partial charge >= 0.3 is 12.0 Å². The first-order valence-electron chi connectivity index (χ1n) is 11.1. The van der Waals surface area contributed by atoms with E-state index in [1.165, 1.54) is 7.11 Å². The summed E-state index contributed by atoms with van der Waals surface area (Å²) in [7, 11) is 1.28. The minimum Gasteiger partial charge on any atom is -0.490 e. The summed E-state index contributed by atoms with van der Waals surface area (Å²) in [6.45, 7) is 5.72. The van der Waals surface area contributed by atoms with Crippen molar-refractivity contribution in [3.63, 3.8) is 0 Å². The number of esters is 1. The Balaban J connectivity index is 1.71. The molecule has 0 aliphatic carbocycles. The van der Waals surface area contributed by atoms with Gasteiger partial charge in [-0.2, -0.15) is 5.10 Å². The van der Waals surface area contributed by atoms with Crippen molar-refractivity contribution in [1.82, 2.24) is 16.1 Å². The van der Waals surface area contributed by atoms with Crippen molar-refractivity contribution >= 4 is 18.2 Å². The second kappa shape index (κ2) is 11.9. The molecule has 35 heavy (non-hydrogen) atoms. The molecule has 0 saturated heterocycles. The van der Waals surface area contributed by atoms with Crippen LogP contribution in [-0.2, 0) is 9.53 Å².